The third-order valence-electron chi connectivity index (χ3n) is 4.56. The molecule has 0 unspecified atom stereocenters. The Labute approximate surface area is 179 Å². The Morgan fingerprint density at radius 2 is 1.69 bits per heavy atom. The first-order valence-electron chi connectivity index (χ1n) is 9.70. The van der Waals surface area contributed by atoms with Crippen molar-refractivity contribution in [2.75, 3.05) is 17.2 Å². The summed E-state index contributed by atoms with van der Waals surface area (Å²) in [5.41, 5.74) is 5.13. The fourth-order valence-corrected chi connectivity index (χ4v) is 3.57. The summed E-state index contributed by atoms with van der Waals surface area (Å²) < 4.78 is 1.30. The molecule has 1 heterocycles. The smallest absolute Gasteiger partial charge is 0.330 e. The molecule has 0 aliphatic heterocycles. The van der Waals surface area contributed by atoms with Gasteiger partial charge in [0.15, 0.2) is 5.69 Å². The van der Waals surface area contributed by atoms with E-state index in [0.717, 1.165) is 19.3 Å². The summed E-state index contributed by atoms with van der Waals surface area (Å²) in [4.78, 5) is 41.7. The first-order valence-corrected chi connectivity index (χ1v) is 10.5. The number of carbonyl (C=O) groups excluding carboxylic acids is 1. The number of nitrogens with one attached hydrogen (secondary N) is 1. The number of H-pyrrole nitrogens is 1. The molecule has 0 fully saturated rings. The number of amides is 1. The van der Waals surface area contributed by atoms with E-state index in [1.807, 2.05) is 13.8 Å². The number of aromatic nitrogens is 2. The highest BCUT2D eigenvalue weighted by atomic mass is 35.5. The zero-order valence-corrected chi connectivity index (χ0v) is 18.1. The van der Waals surface area contributed by atoms with E-state index in [0.29, 0.717) is 29.4 Å². The second kappa shape index (κ2) is 10.5. The van der Waals surface area contributed by atoms with Gasteiger partial charge < -0.3 is 10.6 Å². The largest absolute Gasteiger partial charge is 0.383 e. The standard InChI is InChI=1S/C20H26Cl2N4O3/c1-3-5-7-9-25(19(28)13-10-14(21)12-15(22)11-13)16-17(23)26(8-6-4-2)20(29)24-18(16)27/h10-12H,3-9,23H2,1-2H3,(H,24,27,29). The molecule has 0 aliphatic carbocycles. The number of anilines is 2. The first-order chi connectivity index (χ1) is 13.8. The van der Waals surface area contributed by atoms with Gasteiger partial charge in [0.1, 0.15) is 5.82 Å². The summed E-state index contributed by atoms with van der Waals surface area (Å²) in [6.07, 6.45) is 4.04. The Kier molecular flexibility index (Phi) is 8.34. The topological polar surface area (TPSA) is 101 Å². The third-order valence-corrected chi connectivity index (χ3v) is 5.00. The number of rotatable bonds is 9. The third kappa shape index (κ3) is 5.64. The average Bonchev–Trinajstić information content (AvgIpc) is 2.65. The Balaban J connectivity index is 2.58. The molecule has 29 heavy (non-hydrogen) atoms. The van der Waals surface area contributed by atoms with Gasteiger partial charge in [0, 0.05) is 28.7 Å². The van der Waals surface area contributed by atoms with Crippen molar-refractivity contribution in [3.63, 3.8) is 0 Å². The molecule has 2 aromatic rings. The minimum Gasteiger partial charge on any atom is -0.383 e. The maximum Gasteiger partial charge on any atom is 0.330 e. The minimum atomic E-state index is -0.696. The van der Waals surface area contributed by atoms with E-state index in [4.69, 9.17) is 28.9 Å². The first kappa shape index (κ1) is 23.0. The fourth-order valence-electron chi connectivity index (χ4n) is 3.04. The molecule has 0 bridgehead atoms. The maximum absolute atomic E-state index is 13.3. The molecule has 7 nitrogen and oxygen atoms in total. The van der Waals surface area contributed by atoms with Crippen LogP contribution in [-0.4, -0.2) is 22.0 Å². The van der Waals surface area contributed by atoms with Gasteiger partial charge in [0.05, 0.1) is 0 Å². The van der Waals surface area contributed by atoms with Gasteiger partial charge in [0.25, 0.3) is 11.5 Å². The van der Waals surface area contributed by atoms with Gasteiger partial charge in [-0.05, 0) is 31.0 Å². The molecule has 0 spiro atoms. The van der Waals surface area contributed by atoms with Gasteiger partial charge in [-0.15, -0.1) is 0 Å². The summed E-state index contributed by atoms with van der Waals surface area (Å²) in [5.74, 6) is -0.478. The van der Waals surface area contributed by atoms with Crippen molar-refractivity contribution in [2.24, 2.45) is 0 Å². The molecular formula is C20H26Cl2N4O3. The van der Waals surface area contributed by atoms with Crippen molar-refractivity contribution < 1.29 is 4.79 Å². The number of halogens is 2. The molecule has 0 saturated carbocycles. The minimum absolute atomic E-state index is 0.0230. The van der Waals surface area contributed by atoms with Crippen molar-refractivity contribution in [1.82, 2.24) is 9.55 Å². The van der Waals surface area contributed by atoms with Crippen molar-refractivity contribution in [2.45, 2.75) is 52.5 Å². The molecule has 158 valence electrons. The second-order valence-corrected chi connectivity index (χ2v) is 7.69. The van der Waals surface area contributed by atoms with Crippen LogP contribution in [0.15, 0.2) is 27.8 Å². The molecule has 1 aromatic heterocycles. The van der Waals surface area contributed by atoms with E-state index in [-0.39, 0.29) is 23.6 Å². The number of carbonyl (C=O) groups is 1. The van der Waals surface area contributed by atoms with Crippen LogP contribution in [0.5, 0.6) is 0 Å². The zero-order chi connectivity index (χ0) is 21.6. The van der Waals surface area contributed by atoms with Crippen LogP contribution in [0.3, 0.4) is 0 Å². The Morgan fingerprint density at radius 3 is 2.28 bits per heavy atom. The summed E-state index contributed by atoms with van der Waals surface area (Å²) in [6, 6.07) is 4.49. The molecule has 1 amide bonds. The molecule has 1 aromatic carbocycles. The monoisotopic (exact) mass is 440 g/mol. The molecular weight excluding hydrogens is 415 g/mol. The number of hydrogen-bond donors (Lipinski definition) is 2. The van der Waals surface area contributed by atoms with E-state index >= 15 is 0 Å². The van der Waals surface area contributed by atoms with Gasteiger partial charge in [-0.3, -0.25) is 19.1 Å². The lowest BCUT2D eigenvalue weighted by Gasteiger charge is -2.25. The van der Waals surface area contributed by atoms with Crippen LogP contribution in [0.2, 0.25) is 10.0 Å². The Morgan fingerprint density at radius 1 is 1.07 bits per heavy atom. The van der Waals surface area contributed by atoms with E-state index in [1.165, 1.54) is 27.7 Å². The van der Waals surface area contributed by atoms with Crippen LogP contribution >= 0.6 is 23.2 Å². The lowest BCUT2D eigenvalue weighted by Crippen LogP contribution is -2.41. The highest BCUT2D eigenvalue weighted by Crippen LogP contribution is 2.24. The lowest BCUT2D eigenvalue weighted by atomic mass is 10.1. The number of nitrogens with zero attached hydrogens (tertiary/aromatic N) is 2. The Hall–Kier alpha value is -2.25. The van der Waals surface area contributed by atoms with E-state index in [2.05, 4.69) is 4.98 Å². The Bertz CT molecular complexity index is 964. The van der Waals surface area contributed by atoms with E-state index in [9.17, 15) is 14.4 Å². The number of benzene rings is 1. The van der Waals surface area contributed by atoms with Crippen LogP contribution in [-0.2, 0) is 6.54 Å². The predicted molar refractivity (Wildman–Crippen MR) is 118 cm³/mol. The average molecular weight is 441 g/mol. The van der Waals surface area contributed by atoms with Gasteiger partial charge in [-0.25, -0.2) is 4.79 Å². The molecule has 0 atom stereocenters. The van der Waals surface area contributed by atoms with Crippen molar-refractivity contribution in [1.29, 1.82) is 0 Å². The quantitative estimate of drug-likeness (QED) is 0.573. The molecule has 9 heteroatoms. The van der Waals surface area contributed by atoms with Crippen LogP contribution in [0, 0.1) is 0 Å². The highest BCUT2D eigenvalue weighted by Gasteiger charge is 2.25. The van der Waals surface area contributed by atoms with Gasteiger partial charge in [-0.1, -0.05) is 56.3 Å². The van der Waals surface area contributed by atoms with E-state index in [1.54, 1.807) is 0 Å². The predicted octanol–water partition coefficient (Wildman–Crippen LogP) is 4.06. The maximum atomic E-state index is 13.3. The van der Waals surface area contributed by atoms with Crippen LogP contribution in [0.1, 0.15) is 56.3 Å². The SMILES string of the molecule is CCCCCN(C(=O)c1cc(Cl)cc(Cl)c1)c1c(N)n(CCCC)c(=O)[nH]c1=O. The fraction of sp³-hybridized carbons (Fsp3) is 0.450. The summed E-state index contributed by atoms with van der Waals surface area (Å²) in [5, 5.41) is 0.619. The normalized spacial score (nSPS) is 10.9. The second-order valence-electron chi connectivity index (χ2n) is 6.82. The van der Waals surface area contributed by atoms with E-state index < -0.39 is 17.2 Å². The summed E-state index contributed by atoms with van der Waals surface area (Å²) in [7, 11) is 0. The van der Waals surface area contributed by atoms with Gasteiger partial charge in [0.2, 0.25) is 0 Å². The number of nitrogen functional groups attached to an aromatic ring is 1. The molecule has 3 N–H and O–H groups in total. The zero-order valence-electron chi connectivity index (χ0n) is 16.6. The van der Waals surface area contributed by atoms with Gasteiger partial charge in [-0.2, -0.15) is 0 Å². The van der Waals surface area contributed by atoms with Crippen LogP contribution in [0.25, 0.3) is 0 Å². The molecule has 0 saturated heterocycles. The van der Waals surface area contributed by atoms with Crippen molar-refractivity contribution >= 4 is 40.6 Å². The summed E-state index contributed by atoms with van der Waals surface area (Å²) >= 11 is 12.1. The molecule has 0 radical (unpaired) electrons. The van der Waals surface area contributed by atoms with Crippen LogP contribution in [0.4, 0.5) is 11.5 Å². The number of hydrogen-bond acceptors (Lipinski definition) is 4. The number of aromatic amines is 1. The molecule has 0 aliphatic rings. The van der Waals surface area contributed by atoms with Crippen molar-refractivity contribution in [3.8, 4) is 0 Å². The number of unbranched alkanes of at least 4 members (excludes halogenated alkanes) is 3. The lowest BCUT2D eigenvalue weighted by molar-refractivity contribution is 0.0986. The van der Waals surface area contributed by atoms with Crippen LogP contribution < -0.4 is 21.9 Å². The highest BCUT2D eigenvalue weighted by molar-refractivity contribution is 6.35. The van der Waals surface area contributed by atoms with Crippen molar-refractivity contribution in [3.05, 3.63) is 54.6 Å². The number of nitrogens with two attached hydrogens (primary N) is 1. The van der Waals surface area contributed by atoms with Gasteiger partial charge >= 0.3 is 5.69 Å². The summed E-state index contributed by atoms with van der Waals surface area (Å²) in [6.45, 7) is 4.65. The molecule has 2 rings (SSSR count).